The molecule has 1 fully saturated rings. The van der Waals surface area contributed by atoms with Crippen LogP contribution in [0.2, 0.25) is 0 Å². The summed E-state index contributed by atoms with van der Waals surface area (Å²) in [7, 11) is 0. The number of rotatable bonds is 2. The molecule has 0 aromatic carbocycles. The van der Waals surface area contributed by atoms with E-state index in [1.807, 2.05) is 6.07 Å². The first-order chi connectivity index (χ1) is 7.01. The zero-order valence-corrected chi connectivity index (χ0v) is 11.1. The molecule has 0 spiro atoms. The van der Waals surface area contributed by atoms with Crippen molar-refractivity contribution in [3.05, 3.63) is 22.9 Å². The first-order valence-electron chi connectivity index (χ1n) is 5.02. The first kappa shape index (κ1) is 11.2. The van der Waals surface area contributed by atoms with Crippen LogP contribution in [0.4, 0.5) is 5.69 Å². The second kappa shape index (κ2) is 3.95. The van der Waals surface area contributed by atoms with Crippen molar-refractivity contribution in [1.82, 2.24) is 4.98 Å². The van der Waals surface area contributed by atoms with Gasteiger partial charge in [-0.2, -0.15) is 0 Å². The van der Waals surface area contributed by atoms with Crippen molar-refractivity contribution in [3.63, 3.8) is 0 Å². The minimum Gasteiger partial charge on any atom is -0.381 e. The van der Waals surface area contributed by atoms with Crippen molar-refractivity contribution < 1.29 is 0 Å². The van der Waals surface area contributed by atoms with Gasteiger partial charge in [-0.15, -0.1) is 11.6 Å². The van der Waals surface area contributed by atoms with Gasteiger partial charge < -0.3 is 5.32 Å². The number of aromatic nitrogens is 1. The minimum absolute atomic E-state index is 0.157. The number of halogens is 2. The first-order valence-corrected chi connectivity index (χ1v) is 6.25. The second-order valence-corrected chi connectivity index (χ2v) is 5.96. The fourth-order valence-electron chi connectivity index (χ4n) is 1.80. The molecule has 2 atom stereocenters. The zero-order valence-electron chi connectivity index (χ0n) is 8.80. The van der Waals surface area contributed by atoms with E-state index in [-0.39, 0.29) is 10.8 Å². The van der Waals surface area contributed by atoms with Gasteiger partial charge in [0.05, 0.1) is 10.2 Å². The summed E-state index contributed by atoms with van der Waals surface area (Å²) >= 11 is 9.65. The summed E-state index contributed by atoms with van der Waals surface area (Å²) in [5.74, 6) is 0. The van der Waals surface area contributed by atoms with Crippen molar-refractivity contribution in [2.24, 2.45) is 5.41 Å². The van der Waals surface area contributed by atoms with Crippen LogP contribution in [0.15, 0.2) is 22.9 Å². The van der Waals surface area contributed by atoms with Gasteiger partial charge in [-0.05, 0) is 28.4 Å². The summed E-state index contributed by atoms with van der Waals surface area (Å²) in [6.45, 7) is 4.39. The Labute approximate surface area is 104 Å². The quantitative estimate of drug-likeness (QED) is 0.841. The third kappa shape index (κ3) is 2.00. The van der Waals surface area contributed by atoms with Crippen LogP contribution in [0.25, 0.3) is 0 Å². The molecule has 1 aliphatic carbocycles. The molecule has 1 aromatic heterocycles. The van der Waals surface area contributed by atoms with Crippen LogP contribution in [0.5, 0.6) is 0 Å². The smallest absolute Gasteiger partial charge is 0.0590 e. The van der Waals surface area contributed by atoms with Crippen molar-refractivity contribution in [2.45, 2.75) is 31.7 Å². The highest BCUT2D eigenvalue weighted by molar-refractivity contribution is 9.10. The van der Waals surface area contributed by atoms with Crippen LogP contribution in [0, 0.1) is 5.41 Å². The Hall–Kier alpha value is -0.280. The Morgan fingerprint density at radius 1 is 1.60 bits per heavy atom. The van der Waals surface area contributed by atoms with Crippen molar-refractivity contribution >= 4 is 33.2 Å². The molecule has 15 heavy (non-hydrogen) atoms. The topological polar surface area (TPSA) is 24.9 Å². The summed E-state index contributed by atoms with van der Waals surface area (Å²) < 4.78 is 0.999. The summed E-state index contributed by atoms with van der Waals surface area (Å²) in [6.07, 6.45) is 4.60. The lowest BCUT2D eigenvalue weighted by atomic mass is 9.66. The van der Waals surface area contributed by atoms with E-state index in [9.17, 15) is 0 Å². The summed E-state index contributed by atoms with van der Waals surface area (Å²) in [6, 6.07) is 2.42. The third-order valence-corrected chi connectivity index (χ3v) is 4.62. The van der Waals surface area contributed by atoms with Crippen LogP contribution in [-0.4, -0.2) is 16.4 Å². The average molecular weight is 290 g/mol. The van der Waals surface area contributed by atoms with Gasteiger partial charge >= 0.3 is 0 Å². The largest absolute Gasteiger partial charge is 0.381 e. The Morgan fingerprint density at radius 3 is 2.87 bits per heavy atom. The van der Waals surface area contributed by atoms with Gasteiger partial charge in [0, 0.05) is 29.2 Å². The van der Waals surface area contributed by atoms with Crippen LogP contribution in [0.1, 0.15) is 20.3 Å². The van der Waals surface area contributed by atoms with E-state index in [1.165, 1.54) is 0 Å². The van der Waals surface area contributed by atoms with Gasteiger partial charge in [-0.1, -0.05) is 13.8 Å². The predicted molar refractivity (Wildman–Crippen MR) is 67.4 cm³/mol. The molecule has 82 valence electrons. The highest BCUT2D eigenvalue weighted by Crippen LogP contribution is 2.46. The Morgan fingerprint density at radius 2 is 2.33 bits per heavy atom. The lowest BCUT2D eigenvalue weighted by Crippen LogP contribution is -2.54. The standard InChI is InChI=1S/C11H14BrClN2/c1-11(2)9(13)5-10(11)15-8-3-4-14-6-7(8)12/h3-4,6,9-10H,5H2,1-2H3,(H,14,15). The van der Waals surface area contributed by atoms with E-state index >= 15 is 0 Å². The maximum atomic E-state index is 6.18. The molecular weight excluding hydrogens is 275 g/mol. The van der Waals surface area contributed by atoms with Gasteiger partial charge in [0.2, 0.25) is 0 Å². The number of pyridine rings is 1. The van der Waals surface area contributed by atoms with Crippen LogP contribution >= 0.6 is 27.5 Å². The molecule has 0 saturated heterocycles. The van der Waals surface area contributed by atoms with E-state index < -0.39 is 0 Å². The highest BCUT2D eigenvalue weighted by Gasteiger charge is 2.47. The van der Waals surface area contributed by atoms with Crippen molar-refractivity contribution in [2.75, 3.05) is 5.32 Å². The number of nitrogens with zero attached hydrogens (tertiary/aromatic N) is 1. The lowest BCUT2D eigenvalue weighted by Gasteiger charge is -2.49. The number of anilines is 1. The summed E-state index contributed by atoms with van der Waals surface area (Å²) in [5, 5.41) is 3.77. The van der Waals surface area contributed by atoms with E-state index in [4.69, 9.17) is 11.6 Å². The van der Waals surface area contributed by atoms with E-state index in [0.717, 1.165) is 16.6 Å². The van der Waals surface area contributed by atoms with Gasteiger partial charge in [0.15, 0.2) is 0 Å². The molecule has 4 heteroatoms. The molecule has 1 aromatic rings. The van der Waals surface area contributed by atoms with E-state index in [0.29, 0.717) is 6.04 Å². The minimum atomic E-state index is 0.157. The van der Waals surface area contributed by atoms with Gasteiger partial charge in [-0.3, -0.25) is 4.98 Å². The van der Waals surface area contributed by atoms with Crippen LogP contribution < -0.4 is 5.32 Å². The van der Waals surface area contributed by atoms with Gasteiger partial charge in [0.25, 0.3) is 0 Å². The van der Waals surface area contributed by atoms with Crippen molar-refractivity contribution in [3.8, 4) is 0 Å². The molecule has 1 heterocycles. The second-order valence-electron chi connectivity index (χ2n) is 4.58. The fraction of sp³-hybridized carbons (Fsp3) is 0.545. The van der Waals surface area contributed by atoms with Crippen molar-refractivity contribution in [1.29, 1.82) is 0 Å². The molecule has 2 rings (SSSR count). The molecule has 0 amide bonds. The third-order valence-electron chi connectivity index (χ3n) is 3.25. The average Bonchev–Trinajstić information content (AvgIpc) is 2.20. The SMILES string of the molecule is CC1(C)C(Cl)CC1Nc1ccncc1Br. The zero-order chi connectivity index (χ0) is 11.1. The maximum Gasteiger partial charge on any atom is 0.0590 e. The Bertz CT molecular complexity index is 367. The van der Waals surface area contributed by atoms with Crippen LogP contribution in [-0.2, 0) is 0 Å². The number of alkyl halides is 1. The molecule has 1 N–H and O–H groups in total. The predicted octanol–water partition coefficient (Wildman–Crippen LogP) is 3.66. The summed E-state index contributed by atoms with van der Waals surface area (Å²) in [4.78, 5) is 4.03. The molecule has 1 aliphatic rings. The fourth-order valence-corrected chi connectivity index (χ4v) is 2.49. The molecule has 0 bridgehead atoms. The highest BCUT2D eigenvalue weighted by atomic mass is 79.9. The summed E-state index contributed by atoms with van der Waals surface area (Å²) in [5.41, 5.74) is 1.25. The molecule has 2 unspecified atom stereocenters. The Kier molecular flexibility index (Phi) is 2.95. The molecule has 0 radical (unpaired) electrons. The van der Waals surface area contributed by atoms with Gasteiger partial charge in [0.1, 0.15) is 0 Å². The number of hydrogen-bond acceptors (Lipinski definition) is 2. The van der Waals surface area contributed by atoms with Crippen LogP contribution in [0.3, 0.4) is 0 Å². The molecule has 1 saturated carbocycles. The monoisotopic (exact) mass is 288 g/mol. The molecule has 2 nitrogen and oxygen atoms in total. The normalized spacial score (nSPS) is 28.3. The van der Waals surface area contributed by atoms with E-state index in [1.54, 1.807) is 12.4 Å². The molecular formula is C11H14BrClN2. The lowest BCUT2D eigenvalue weighted by molar-refractivity contribution is 0.168. The maximum absolute atomic E-state index is 6.18. The Balaban J connectivity index is 2.08. The van der Waals surface area contributed by atoms with E-state index in [2.05, 4.69) is 40.1 Å². The molecule has 0 aliphatic heterocycles. The number of hydrogen-bond donors (Lipinski definition) is 1. The van der Waals surface area contributed by atoms with Gasteiger partial charge in [-0.25, -0.2) is 0 Å². The number of nitrogens with one attached hydrogen (secondary N) is 1.